The number of terminal acetylenes is 1. The van der Waals surface area contributed by atoms with Gasteiger partial charge in [-0.2, -0.15) is 0 Å². The lowest BCUT2D eigenvalue weighted by Gasteiger charge is -2.06. The second-order valence-corrected chi connectivity index (χ2v) is 3.38. The Balaban J connectivity index is 2.38. The Morgan fingerprint density at radius 1 is 1.53 bits per heavy atom. The number of hydrogen-bond acceptors (Lipinski definition) is 3. The summed E-state index contributed by atoms with van der Waals surface area (Å²) in [5.74, 6) is 3.40. The lowest BCUT2D eigenvalue weighted by Crippen LogP contribution is -2.02. The monoisotopic (exact) mass is 200 g/mol. The van der Waals surface area contributed by atoms with E-state index in [9.17, 15) is 0 Å². The number of fused-ring (bicyclic) bond motifs is 1. The zero-order valence-electron chi connectivity index (χ0n) is 8.57. The number of nitrogens with one attached hydrogen (secondary N) is 1. The third kappa shape index (κ3) is 1.82. The van der Waals surface area contributed by atoms with Gasteiger partial charge in [-0.15, -0.1) is 6.42 Å². The fourth-order valence-electron chi connectivity index (χ4n) is 1.49. The van der Waals surface area contributed by atoms with Crippen LogP contribution in [0.3, 0.4) is 0 Å². The molecule has 2 aromatic rings. The molecule has 0 fully saturated rings. The van der Waals surface area contributed by atoms with Crippen molar-refractivity contribution >= 4 is 11.2 Å². The third-order valence-electron chi connectivity index (χ3n) is 2.28. The second kappa shape index (κ2) is 4.09. The molecule has 4 nitrogen and oxygen atoms in total. The predicted molar refractivity (Wildman–Crippen MR) is 58.2 cm³/mol. The van der Waals surface area contributed by atoms with E-state index >= 15 is 0 Å². The number of imidazole rings is 1. The first kappa shape index (κ1) is 9.66. The Hall–Kier alpha value is -1.89. The Labute approximate surface area is 88.2 Å². The zero-order valence-corrected chi connectivity index (χ0v) is 8.57. The lowest BCUT2D eigenvalue weighted by molar-refractivity contribution is 0.696. The maximum absolute atomic E-state index is 5.45. The molecule has 0 radical (unpaired) electrons. The molecule has 15 heavy (non-hydrogen) atoms. The molecule has 0 saturated carbocycles. The van der Waals surface area contributed by atoms with Crippen molar-refractivity contribution in [3.05, 3.63) is 18.3 Å². The largest absolute Gasteiger partial charge is 0.342 e. The summed E-state index contributed by atoms with van der Waals surface area (Å²) in [6, 6.07) is 0. The number of aromatic nitrogens is 4. The van der Waals surface area contributed by atoms with Crippen LogP contribution >= 0.6 is 0 Å². The molecule has 0 aliphatic carbocycles. The Bertz CT molecular complexity index is 495. The molecule has 1 atom stereocenters. The van der Waals surface area contributed by atoms with Gasteiger partial charge >= 0.3 is 0 Å². The molecule has 1 unspecified atom stereocenters. The van der Waals surface area contributed by atoms with Crippen molar-refractivity contribution in [2.75, 3.05) is 0 Å². The van der Waals surface area contributed by atoms with Gasteiger partial charge in [0.25, 0.3) is 0 Å². The highest BCUT2D eigenvalue weighted by atomic mass is 15.0. The maximum Gasteiger partial charge on any atom is 0.180 e. The van der Waals surface area contributed by atoms with Gasteiger partial charge in [0, 0.05) is 0 Å². The minimum absolute atomic E-state index is 0.00361. The second-order valence-electron chi connectivity index (χ2n) is 3.38. The van der Waals surface area contributed by atoms with Crippen molar-refractivity contribution in [2.24, 2.45) is 0 Å². The van der Waals surface area contributed by atoms with E-state index in [1.54, 1.807) is 12.5 Å². The number of hydrogen-bond donors (Lipinski definition) is 1. The van der Waals surface area contributed by atoms with Crippen LogP contribution in [0.1, 0.15) is 31.5 Å². The van der Waals surface area contributed by atoms with Gasteiger partial charge in [-0.3, -0.25) is 0 Å². The van der Waals surface area contributed by atoms with Crippen LogP contribution in [0.25, 0.3) is 11.2 Å². The summed E-state index contributed by atoms with van der Waals surface area (Å²) < 4.78 is 0. The summed E-state index contributed by atoms with van der Waals surface area (Å²) in [6.07, 6.45) is 10.7. The van der Waals surface area contributed by atoms with Gasteiger partial charge in [0.1, 0.15) is 11.3 Å². The standard InChI is InChI=1S/C11H12N4/c1-3-5-8(4-2)10-12-6-9-11(15-10)14-7-13-9/h2,6-8H,3,5H2,1H3,(H,12,13,14,15). The van der Waals surface area contributed by atoms with Crippen LogP contribution in [-0.4, -0.2) is 19.9 Å². The fourth-order valence-corrected chi connectivity index (χ4v) is 1.49. The van der Waals surface area contributed by atoms with Gasteiger partial charge in [0.15, 0.2) is 5.65 Å². The first-order valence-corrected chi connectivity index (χ1v) is 4.97. The van der Waals surface area contributed by atoms with Gasteiger partial charge in [-0.05, 0) is 6.42 Å². The van der Waals surface area contributed by atoms with Crippen molar-refractivity contribution in [2.45, 2.75) is 25.7 Å². The van der Waals surface area contributed by atoms with Crippen LogP contribution in [0.2, 0.25) is 0 Å². The van der Waals surface area contributed by atoms with E-state index in [1.807, 2.05) is 0 Å². The summed E-state index contributed by atoms with van der Waals surface area (Å²) >= 11 is 0. The molecule has 2 heterocycles. The van der Waals surface area contributed by atoms with E-state index in [2.05, 4.69) is 32.8 Å². The highest BCUT2D eigenvalue weighted by Gasteiger charge is 2.11. The average molecular weight is 200 g/mol. The van der Waals surface area contributed by atoms with Crippen LogP contribution in [0, 0.1) is 12.3 Å². The molecular formula is C11H12N4. The third-order valence-corrected chi connectivity index (χ3v) is 2.28. The van der Waals surface area contributed by atoms with E-state index in [1.165, 1.54) is 0 Å². The highest BCUT2D eigenvalue weighted by Crippen LogP contribution is 2.17. The minimum atomic E-state index is -0.00361. The van der Waals surface area contributed by atoms with E-state index in [4.69, 9.17) is 6.42 Å². The molecule has 0 aromatic carbocycles. The number of rotatable bonds is 3. The number of nitrogens with zero attached hydrogens (tertiary/aromatic N) is 3. The summed E-state index contributed by atoms with van der Waals surface area (Å²) in [5, 5.41) is 0. The number of H-pyrrole nitrogens is 1. The molecule has 0 aliphatic rings. The molecule has 0 aliphatic heterocycles. The van der Waals surface area contributed by atoms with Gasteiger partial charge in [-0.1, -0.05) is 19.3 Å². The Morgan fingerprint density at radius 3 is 3.13 bits per heavy atom. The van der Waals surface area contributed by atoms with Gasteiger partial charge in [-0.25, -0.2) is 15.0 Å². The van der Waals surface area contributed by atoms with E-state index in [-0.39, 0.29) is 5.92 Å². The Morgan fingerprint density at radius 2 is 2.40 bits per heavy atom. The van der Waals surface area contributed by atoms with Crippen molar-refractivity contribution in [3.8, 4) is 12.3 Å². The summed E-state index contributed by atoms with van der Waals surface area (Å²) in [7, 11) is 0. The van der Waals surface area contributed by atoms with Crippen LogP contribution in [0.5, 0.6) is 0 Å². The van der Waals surface area contributed by atoms with Crippen molar-refractivity contribution in [3.63, 3.8) is 0 Å². The molecule has 0 bridgehead atoms. The average Bonchev–Trinajstić information content (AvgIpc) is 2.72. The number of aromatic amines is 1. The molecule has 0 saturated heterocycles. The van der Waals surface area contributed by atoms with E-state index < -0.39 is 0 Å². The quantitative estimate of drug-likeness (QED) is 0.769. The molecule has 4 heteroatoms. The molecular weight excluding hydrogens is 188 g/mol. The smallest absolute Gasteiger partial charge is 0.180 e. The molecule has 1 N–H and O–H groups in total. The van der Waals surface area contributed by atoms with Crippen molar-refractivity contribution < 1.29 is 0 Å². The first-order chi connectivity index (χ1) is 7.35. The first-order valence-electron chi connectivity index (χ1n) is 4.97. The zero-order chi connectivity index (χ0) is 10.7. The Kier molecular flexibility index (Phi) is 2.64. The van der Waals surface area contributed by atoms with E-state index in [0.717, 1.165) is 18.4 Å². The SMILES string of the molecule is C#CC(CCC)c1ncc2[nH]cnc2n1. The highest BCUT2D eigenvalue weighted by molar-refractivity contribution is 5.68. The molecule has 0 spiro atoms. The molecule has 2 rings (SSSR count). The van der Waals surface area contributed by atoms with Gasteiger partial charge in [0.05, 0.1) is 18.4 Å². The maximum atomic E-state index is 5.45. The minimum Gasteiger partial charge on any atom is -0.342 e. The normalized spacial score (nSPS) is 12.5. The van der Waals surface area contributed by atoms with Crippen LogP contribution in [0.15, 0.2) is 12.5 Å². The summed E-state index contributed by atoms with van der Waals surface area (Å²) in [6.45, 7) is 2.09. The lowest BCUT2D eigenvalue weighted by atomic mass is 10.0. The summed E-state index contributed by atoms with van der Waals surface area (Å²) in [4.78, 5) is 15.6. The predicted octanol–water partition coefficient (Wildman–Crippen LogP) is 1.87. The van der Waals surface area contributed by atoms with Crippen molar-refractivity contribution in [1.82, 2.24) is 19.9 Å². The van der Waals surface area contributed by atoms with Gasteiger partial charge < -0.3 is 4.98 Å². The topological polar surface area (TPSA) is 54.5 Å². The van der Waals surface area contributed by atoms with E-state index in [0.29, 0.717) is 11.5 Å². The van der Waals surface area contributed by atoms with Gasteiger partial charge in [0.2, 0.25) is 0 Å². The fraction of sp³-hybridized carbons (Fsp3) is 0.364. The van der Waals surface area contributed by atoms with Crippen LogP contribution in [0.4, 0.5) is 0 Å². The van der Waals surface area contributed by atoms with Crippen LogP contribution in [-0.2, 0) is 0 Å². The van der Waals surface area contributed by atoms with Crippen LogP contribution < -0.4 is 0 Å². The molecule has 0 amide bonds. The molecule has 2 aromatic heterocycles. The van der Waals surface area contributed by atoms with Crippen molar-refractivity contribution in [1.29, 1.82) is 0 Å². The summed E-state index contributed by atoms with van der Waals surface area (Å²) in [5.41, 5.74) is 1.52. The molecule has 76 valence electrons.